The third-order valence-corrected chi connectivity index (χ3v) is 3.33. The number of hydrogen-bond acceptors (Lipinski definition) is 3. The van der Waals surface area contributed by atoms with Crippen LogP contribution in [0.4, 0.5) is 0 Å². The first-order chi connectivity index (χ1) is 9.06. The summed E-state index contributed by atoms with van der Waals surface area (Å²) in [7, 11) is 0. The van der Waals surface area contributed by atoms with Crippen LogP contribution in [0.25, 0.3) is 0 Å². The monoisotopic (exact) mass is 264 g/mol. The summed E-state index contributed by atoms with van der Waals surface area (Å²) in [5.41, 5.74) is 7.42. The van der Waals surface area contributed by atoms with Crippen molar-refractivity contribution >= 4 is 0 Å². The van der Waals surface area contributed by atoms with Gasteiger partial charge in [0, 0.05) is 6.04 Å². The topological polar surface area (TPSA) is 38.5 Å². The Morgan fingerprint density at radius 1 is 1.11 bits per heavy atom. The molecule has 0 fully saturated rings. The van der Waals surface area contributed by atoms with Gasteiger partial charge in [-0.05, 0) is 57.6 Å². The lowest BCUT2D eigenvalue weighted by atomic mass is 10.0. The first-order valence-corrected chi connectivity index (χ1v) is 7.31. The lowest BCUT2D eigenvalue weighted by molar-refractivity contribution is 0.242. The molecule has 0 spiro atoms. The Hall–Kier alpha value is -1.06. The zero-order valence-corrected chi connectivity index (χ0v) is 12.7. The zero-order chi connectivity index (χ0) is 14.3. The molecule has 0 aromatic heterocycles. The summed E-state index contributed by atoms with van der Waals surface area (Å²) >= 11 is 0. The molecule has 1 unspecified atom stereocenters. The highest BCUT2D eigenvalue weighted by Gasteiger charge is 2.08. The Labute approximate surface area is 117 Å². The van der Waals surface area contributed by atoms with Crippen molar-refractivity contribution in [1.82, 2.24) is 4.90 Å². The standard InChI is InChI=1S/C16H28N2O/c1-5-18(6-2)12-11-16(17)14-7-9-15(10-8-14)19-13(3)4/h7-10,13,16H,5-6,11-12,17H2,1-4H3. The highest BCUT2D eigenvalue weighted by Crippen LogP contribution is 2.19. The molecule has 1 rings (SSSR count). The van der Waals surface area contributed by atoms with Crippen molar-refractivity contribution in [3.63, 3.8) is 0 Å². The van der Waals surface area contributed by atoms with E-state index >= 15 is 0 Å². The smallest absolute Gasteiger partial charge is 0.119 e. The van der Waals surface area contributed by atoms with Crippen LogP contribution in [0.2, 0.25) is 0 Å². The van der Waals surface area contributed by atoms with Gasteiger partial charge in [-0.25, -0.2) is 0 Å². The van der Waals surface area contributed by atoms with Gasteiger partial charge in [-0.1, -0.05) is 26.0 Å². The maximum absolute atomic E-state index is 6.24. The molecule has 0 saturated carbocycles. The quantitative estimate of drug-likeness (QED) is 0.783. The van der Waals surface area contributed by atoms with Gasteiger partial charge in [-0.3, -0.25) is 0 Å². The van der Waals surface area contributed by atoms with Crippen LogP contribution >= 0.6 is 0 Å². The molecule has 0 heterocycles. The van der Waals surface area contributed by atoms with Crippen LogP contribution < -0.4 is 10.5 Å². The fourth-order valence-electron chi connectivity index (χ4n) is 2.09. The maximum Gasteiger partial charge on any atom is 0.119 e. The molecule has 3 nitrogen and oxygen atoms in total. The Morgan fingerprint density at radius 3 is 2.16 bits per heavy atom. The third kappa shape index (κ3) is 5.62. The molecule has 19 heavy (non-hydrogen) atoms. The Morgan fingerprint density at radius 2 is 1.68 bits per heavy atom. The van der Waals surface area contributed by atoms with E-state index in [1.54, 1.807) is 0 Å². The van der Waals surface area contributed by atoms with Crippen molar-refractivity contribution in [2.24, 2.45) is 5.73 Å². The van der Waals surface area contributed by atoms with Crippen LogP contribution in [0.5, 0.6) is 5.75 Å². The Bertz CT molecular complexity index is 344. The molecular formula is C16H28N2O. The van der Waals surface area contributed by atoms with Crippen LogP contribution in [0.3, 0.4) is 0 Å². The lowest BCUT2D eigenvalue weighted by Crippen LogP contribution is -2.27. The van der Waals surface area contributed by atoms with Gasteiger partial charge in [0.25, 0.3) is 0 Å². The van der Waals surface area contributed by atoms with Crippen molar-refractivity contribution in [2.45, 2.75) is 46.3 Å². The second-order valence-electron chi connectivity index (χ2n) is 5.16. The van der Waals surface area contributed by atoms with E-state index in [2.05, 4.69) is 30.9 Å². The summed E-state index contributed by atoms with van der Waals surface area (Å²) < 4.78 is 5.63. The fraction of sp³-hybridized carbons (Fsp3) is 0.625. The molecule has 0 radical (unpaired) electrons. The fourth-order valence-corrected chi connectivity index (χ4v) is 2.09. The number of nitrogens with two attached hydrogens (primary N) is 1. The van der Waals surface area contributed by atoms with Gasteiger partial charge in [-0.15, -0.1) is 0 Å². The van der Waals surface area contributed by atoms with Crippen molar-refractivity contribution < 1.29 is 4.74 Å². The van der Waals surface area contributed by atoms with Crippen LogP contribution in [-0.2, 0) is 0 Å². The summed E-state index contributed by atoms with van der Waals surface area (Å²) in [6.45, 7) is 11.7. The molecule has 0 bridgehead atoms. The van der Waals surface area contributed by atoms with E-state index in [0.717, 1.165) is 31.8 Å². The maximum atomic E-state index is 6.24. The minimum Gasteiger partial charge on any atom is -0.491 e. The molecule has 108 valence electrons. The molecule has 0 aliphatic rings. The predicted octanol–water partition coefficient (Wildman–Crippen LogP) is 3.21. The van der Waals surface area contributed by atoms with Crippen molar-refractivity contribution in [2.75, 3.05) is 19.6 Å². The minimum atomic E-state index is 0.105. The van der Waals surface area contributed by atoms with Gasteiger partial charge in [0.2, 0.25) is 0 Å². The van der Waals surface area contributed by atoms with E-state index < -0.39 is 0 Å². The highest BCUT2D eigenvalue weighted by atomic mass is 16.5. The number of hydrogen-bond donors (Lipinski definition) is 1. The van der Waals surface area contributed by atoms with Crippen molar-refractivity contribution in [1.29, 1.82) is 0 Å². The molecule has 0 aliphatic heterocycles. The molecule has 3 heteroatoms. The average Bonchev–Trinajstić information content (AvgIpc) is 2.39. The SMILES string of the molecule is CCN(CC)CCC(N)c1ccc(OC(C)C)cc1. The minimum absolute atomic E-state index is 0.105. The number of rotatable bonds is 8. The van der Waals surface area contributed by atoms with E-state index in [4.69, 9.17) is 10.5 Å². The second-order valence-corrected chi connectivity index (χ2v) is 5.16. The van der Waals surface area contributed by atoms with Gasteiger partial charge < -0.3 is 15.4 Å². The van der Waals surface area contributed by atoms with Crippen LogP contribution in [0.15, 0.2) is 24.3 Å². The third-order valence-electron chi connectivity index (χ3n) is 3.33. The van der Waals surface area contributed by atoms with E-state index in [1.807, 2.05) is 26.0 Å². The van der Waals surface area contributed by atoms with Gasteiger partial charge >= 0.3 is 0 Å². The lowest BCUT2D eigenvalue weighted by Gasteiger charge is -2.21. The molecule has 1 atom stereocenters. The van der Waals surface area contributed by atoms with Crippen molar-refractivity contribution in [3.05, 3.63) is 29.8 Å². The summed E-state index contributed by atoms with van der Waals surface area (Å²) in [6.07, 6.45) is 1.20. The number of ether oxygens (including phenoxy) is 1. The van der Waals surface area contributed by atoms with Gasteiger partial charge in [0.1, 0.15) is 5.75 Å². The van der Waals surface area contributed by atoms with Crippen LogP contribution in [-0.4, -0.2) is 30.6 Å². The first-order valence-electron chi connectivity index (χ1n) is 7.31. The molecule has 0 amide bonds. The number of nitrogens with zero attached hydrogens (tertiary/aromatic N) is 1. The van der Waals surface area contributed by atoms with E-state index in [0.29, 0.717) is 0 Å². The summed E-state index contributed by atoms with van der Waals surface area (Å²) in [4.78, 5) is 2.40. The summed E-state index contributed by atoms with van der Waals surface area (Å²) in [5, 5.41) is 0. The molecule has 0 saturated heterocycles. The van der Waals surface area contributed by atoms with Gasteiger partial charge in [-0.2, -0.15) is 0 Å². The first kappa shape index (κ1) is 16.0. The Kier molecular flexibility index (Phi) is 6.89. The second kappa shape index (κ2) is 8.18. The molecule has 1 aromatic carbocycles. The van der Waals surface area contributed by atoms with Gasteiger partial charge in [0.05, 0.1) is 6.10 Å². The normalized spacial score (nSPS) is 13.0. The molecule has 2 N–H and O–H groups in total. The number of benzene rings is 1. The van der Waals surface area contributed by atoms with E-state index in [-0.39, 0.29) is 12.1 Å². The van der Waals surface area contributed by atoms with Gasteiger partial charge in [0.15, 0.2) is 0 Å². The van der Waals surface area contributed by atoms with E-state index in [9.17, 15) is 0 Å². The van der Waals surface area contributed by atoms with E-state index in [1.165, 1.54) is 5.56 Å². The van der Waals surface area contributed by atoms with Crippen LogP contribution in [0, 0.1) is 0 Å². The average molecular weight is 264 g/mol. The largest absolute Gasteiger partial charge is 0.491 e. The predicted molar refractivity (Wildman–Crippen MR) is 81.5 cm³/mol. The zero-order valence-electron chi connectivity index (χ0n) is 12.7. The van der Waals surface area contributed by atoms with Crippen LogP contribution in [0.1, 0.15) is 45.7 Å². The highest BCUT2D eigenvalue weighted by molar-refractivity contribution is 5.29. The molecular weight excluding hydrogens is 236 g/mol. The van der Waals surface area contributed by atoms with Crippen molar-refractivity contribution in [3.8, 4) is 5.75 Å². The summed E-state index contributed by atoms with van der Waals surface area (Å²) in [6, 6.07) is 8.27. The summed E-state index contributed by atoms with van der Waals surface area (Å²) in [5.74, 6) is 0.912. The molecule has 0 aliphatic carbocycles. The Balaban J connectivity index is 2.50. The molecule has 1 aromatic rings.